The fourth-order valence-corrected chi connectivity index (χ4v) is 3.02. The number of likely N-dealkylation sites (tertiary alicyclic amines) is 1. The van der Waals surface area contributed by atoms with Gasteiger partial charge in [0.25, 0.3) is 0 Å². The molecule has 1 aliphatic rings. The molecule has 0 bridgehead atoms. The summed E-state index contributed by atoms with van der Waals surface area (Å²) in [6.45, 7) is 5.30. The van der Waals surface area contributed by atoms with Gasteiger partial charge in [0.1, 0.15) is 0 Å². The largest absolute Gasteiger partial charge is 0.323 e. The van der Waals surface area contributed by atoms with E-state index in [1.165, 1.54) is 17.8 Å². The van der Waals surface area contributed by atoms with Crippen LogP contribution in [0.25, 0.3) is 0 Å². The molecule has 1 aliphatic heterocycles. The number of aromatic nitrogens is 1. The Balaban J connectivity index is 1.97. The summed E-state index contributed by atoms with van der Waals surface area (Å²) in [5.41, 5.74) is 0. The minimum atomic E-state index is 0.00954. The van der Waals surface area contributed by atoms with Gasteiger partial charge in [-0.05, 0) is 31.6 Å². The Bertz CT molecular complexity index is 378. The first-order chi connectivity index (χ1) is 8.66. The number of rotatable bonds is 3. The highest BCUT2D eigenvalue weighted by molar-refractivity contribution is 7.13. The average molecular weight is 267 g/mol. The van der Waals surface area contributed by atoms with Gasteiger partial charge in [0.2, 0.25) is 0 Å². The number of piperidine rings is 1. The number of amides is 2. The molecule has 1 aromatic heterocycles. The van der Waals surface area contributed by atoms with Gasteiger partial charge in [0, 0.05) is 24.2 Å². The highest BCUT2D eigenvalue weighted by Crippen LogP contribution is 2.24. The van der Waals surface area contributed by atoms with Crippen LogP contribution in [0.4, 0.5) is 9.93 Å². The van der Waals surface area contributed by atoms with Crippen LogP contribution in [0.1, 0.15) is 39.5 Å². The SMILES string of the molecule is CC(C)CC1CCCCN1C(=O)Nc1nccs1. The number of hydrogen-bond acceptors (Lipinski definition) is 3. The summed E-state index contributed by atoms with van der Waals surface area (Å²) in [7, 11) is 0. The Morgan fingerprint density at radius 3 is 3.11 bits per heavy atom. The number of urea groups is 1. The van der Waals surface area contributed by atoms with Crippen molar-refractivity contribution < 1.29 is 4.79 Å². The Labute approximate surface area is 112 Å². The Morgan fingerprint density at radius 2 is 2.44 bits per heavy atom. The van der Waals surface area contributed by atoms with Crippen molar-refractivity contribution in [3.05, 3.63) is 11.6 Å². The van der Waals surface area contributed by atoms with Crippen LogP contribution in [-0.4, -0.2) is 28.5 Å². The summed E-state index contributed by atoms with van der Waals surface area (Å²) in [6.07, 6.45) is 6.27. The molecule has 0 aliphatic carbocycles. The predicted octanol–water partition coefficient (Wildman–Crippen LogP) is 3.58. The number of nitrogens with one attached hydrogen (secondary N) is 1. The molecular weight excluding hydrogens is 246 g/mol. The number of nitrogens with zero attached hydrogens (tertiary/aromatic N) is 2. The van der Waals surface area contributed by atoms with Crippen molar-refractivity contribution in [3.8, 4) is 0 Å². The van der Waals surface area contributed by atoms with Gasteiger partial charge in [-0.3, -0.25) is 5.32 Å². The fourth-order valence-electron chi connectivity index (χ4n) is 2.51. The van der Waals surface area contributed by atoms with Gasteiger partial charge in [0.15, 0.2) is 5.13 Å². The average Bonchev–Trinajstić information content (AvgIpc) is 2.81. The molecule has 1 fully saturated rings. The maximum absolute atomic E-state index is 12.2. The van der Waals surface area contributed by atoms with Crippen LogP contribution in [0.2, 0.25) is 0 Å². The highest BCUT2D eigenvalue weighted by Gasteiger charge is 2.27. The monoisotopic (exact) mass is 267 g/mol. The maximum Gasteiger partial charge on any atom is 0.323 e. The van der Waals surface area contributed by atoms with Gasteiger partial charge in [0.05, 0.1) is 0 Å². The van der Waals surface area contributed by atoms with Crippen molar-refractivity contribution in [2.75, 3.05) is 11.9 Å². The smallest absolute Gasteiger partial charge is 0.321 e. The quantitative estimate of drug-likeness (QED) is 0.910. The van der Waals surface area contributed by atoms with Crippen LogP contribution in [0.5, 0.6) is 0 Å². The van der Waals surface area contributed by atoms with Crippen molar-refractivity contribution in [2.24, 2.45) is 5.92 Å². The van der Waals surface area contributed by atoms with Gasteiger partial charge in [-0.25, -0.2) is 9.78 Å². The third kappa shape index (κ3) is 3.45. The van der Waals surface area contributed by atoms with Crippen molar-refractivity contribution in [1.29, 1.82) is 0 Å². The van der Waals surface area contributed by atoms with Crippen LogP contribution in [0, 0.1) is 5.92 Å². The molecule has 0 radical (unpaired) electrons. The van der Waals surface area contributed by atoms with Crippen LogP contribution in [0.3, 0.4) is 0 Å². The molecule has 0 spiro atoms. The topological polar surface area (TPSA) is 45.2 Å². The lowest BCUT2D eigenvalue weighted by molar-refractivity contribution is 0.150. The van der Waals surface area contributed by atoms with E-state index in [0.717, 1.165) is 25.8 Å². The van der Waals surface area contributed by atoms with Crippen LogP contribution in [-0.2, 0) is 0 Å². The molecule has 1 N–H and O–H groups in total. The number of thiazole rings is 1. The lowest BCUT2D eigenvalue weighted by Crippen LogP contribution is -2.46. The van der Waals surface area contributed by atoms with Gasteiger partial charge < -0.3 is 4.90 Å². The molecule has 100 valence electrons. The van der Waals surface area contributed by atoms with Crippen molar-refractivity contribution in [1.82, 2.24) is 9.88 Å². The van der Waals surface area contributed by atoms with E-state index in [1.54, 1.807) is 6.20 Å². The maximum atomic E-state index is 12.2. The zero-order valence-electron chi connectivity index (χ0n) is 11.1. The first-order valence-electron chi connectivity index (χ1n) is 6.64. The summed E-state index contributed by atoms with van der Waals surface area (Å²) in [5.74, 6) is 0.628. The third-order valence-corrected chi connectivity index (χ3v) is 3.97. The van der Waals surface area contributed by atoms with E-state index in [4.69, 9.17) is 0 Å². The fraction of sp³-hybridized carbons (Fsp3) is 0.692. The van der Waals surface area contributed by atoms with Gasteiger partial charge in [-0.2, -0.15) is 0 Å². The van der Waals surface area contributed by atoms with Crippen LogP contribution < -0.4 is 5.32 Å². The number of anilines is 1. The molecule has 0 aromatic carbocycles. The number of carbonyl (C=O) groups is 1. The summed E-state index contributed by atoms with van der Waals surface area (Å²) in [5, 5.41) is 5.45. The molecular formula is C13H21N3OS. The van der Waals surface area contributed by atoms with Crippen molar-refractivity contribution >= 4 is 22.5 Å². The Hall–Kier alpha value is -1.10. The zero-order chi connectivity index (χ0) is 13.0. The predicted molar refractivity (Wildman–Crippen MR) is 74.9 cm³/mol. The Morgan fingerprint density at radius 1 is 1.61 bits per heavy atom. The summed E-state index contributed by atoms with van der Waals surface area (Å²) >= 11 is 1.46. The van der Waals surface area contributed by atoms with Crippen LogP contribution in [0.15, 0.2) is 11.6 Å². The lowest BCUT2D eigenvalue weighted by Gasteiger charge is -2.36. The van der Waals surface area contributed by atoms with Crippen molar-refractivity contribution in [3.63, 3.8) is 0 Å². The van der Waals surface area contributed by atoms with Gasteiger partial charge >= 0.3 is 6.03 Å². The molecule has 1 atom stereocenters. The standard InChI is InChI=1S/C13H21N3OS/c1-10(2)9-11-5-3-4-7-16(11)13(17)15-12-14-6-8-18-12/h6,8,10-11H,3-5,7,9H2,1-2H3,(H,14,15,17). The second-order valence-corrected chi connectivity index (χ2v) is 6.13. The van der Waals surface area contributed by atoms with Crippen molar-refractivity contribution in [2.45, 2.75) is 45.6 Å². The van der Waals surface area contributed by atoms with E-state index < -0.39 is 0 Å². The van der Waals surface area contributed by atoms with E-state index in [9.17, 15) is 4.79 Å². The lowest BCUT2D eigenvalue weighted by atomic mass is 9.94. The summed E-state index contributed by atoms with van der Waals surface area (Å²) < 4.78 is 0. The minimum Gasteiger partial charge on any atom is -0.321 e. The molecule has 18 heavy (non-hydrogen) atoms. The molecule has 2 rings (SSSR count). The molecule has 2 amide bonds. The molecule has 0 saturated carbocycles. The molecule has 4 nitrogen and oxygen atoms in total. The summed E-state index contributed by atoms with van der Waals surface area (Å²) in [6, 6.07) is 0.397. The second-order valence-electron chi connectivity index (χ2n) is 5.24. The first-order valence-corrected chi connectivity index (χ1v) is 7.52. The first kappa shape index (κ1) is 13.3. The van der Waals surface area contributed by atoms with E-state index in [-0.39, 0.29) is 6.03 Å². The van der Waals surface area contributed by atoms with E-state index in [0.29, 0.717) is 17.1 Å². The Kier molecular flexibility index (Phi) is 4.58. The third-order valence-electron chi connectivity index (χ3n) is 3.28. The normalized spacial score (nSPS) is 20.2. The summed E-state index contributed by atoms with van der Waals surface area (Å²) in [4.78, 5) is 18.3. The molecule has 5 heteroatoms. The van der Waals surface area contributed by atoms with E-state index >= 15 is 0 Å². The van der Waals surface area contributed by atoms with E-state index in [1.807, 2.05) is 10.3 Å². The molecule has 2 heterocycles. The van der Waals surface area contributed by atoms with Gasteiger partial charge in [-0.15, -0.1) is 11.3 Å². The van der Waals surface area contributed by atoms with Crippen LogP contribution >= 0.6 is 11.3 Å². The number of hydrogen-bond donors (Lipinski definition) is 1. The highest BCUT2D eigenvalue weighted by atomic mass is 32.1. The molecule has 1 aromatic rings. The van der Waals surface area contributed by atoms with E-state index in [2.05, 4.69) is 24.1 Å². The zero-order valence-corrected chi connectivity index (χ0v) is 11.9. The van der Waals surface area contributed by atoms with Gasteiger partial charge in [-0.1, -0.05) is 13.8 Å². The molecule has 1 saturated heterocycles. The minimum absolute atomic E-state index is 0.00954. The second kappa shape index (κ2) is 6.18. The number of carbonyl (C=O) groups excluding carboxylic acids is 1. The molecule has 1 unspecified atom stereocenters.